The Bertz CT molecular complexity index is 1010. The molecule has 7 heteroatoms. The summed E-state index contributed by atoms with van der Waals surface area (Å²) in [6, 6.07) is 11.9. The van der Waals surface area contributed by atoms with Crippen molar-refractivity contribution >= 4 is 5.91 Å². The number of methoxy groups -OCH3 is 1. The van der Waals surface area contributed by atoms with Crippen LogP contribution in [-0.2, 0) is 11.2 Å². The third kappa shape index (κ3) is 5.28. The van der Waals surface area contributed by atoms with E-state index in [4.69, 9.17) is 4.74 Å². The Balaban J connectivity index is 1.81. The van der Waals surface area contributed by atoms with Crippen LogP contribution in [-0.4, -0.2) is 28.0 Å². The summed E-state index contributed by atoms with van der Waals surface area (Å²) in [5.41, 5.74) is 1.89. The van der Waals surface area contributed by atoms with Crippen LogP contribution in [0, 0.1) is 5.92 Å². The zero-order chi connectivity index (χ0) is 20.8. The highest BCUT2D eigenvalue weighted by molar-refractivity contribution is 5.79. The number of carbonyl (C=O) groups is 1. The molecule has 1 aromatic carbocycles. The molecule has 2 aromatic heterocycles. The molecule has 0 fully saturated rings. The molecule has 1 atom stereocenters. The van der Waals surface area contributed by atoms with Crippen LogP contribution in [0.15, 0.2) is 59.7 Å². The first-order chi connectivity index (χ1) is 14.0. The van der Waals surface area contributed by atoms with Gasteiger partial charge >= 0.3 is 0 Å². The zero-order valence-electron chi connectivity index (χ0n) is 16.7. The van der Waals surface area contributed by atoms with Crippen LogP contribution in [0.4, 0.5) is 0 Å². The Morgan fingerprint density at radius 2 is 1.83 bits per heavy atom. The van der Waals surface area contributed by atoms with E-state index in [1.54, 1.807) is 31.6 Å². The second kappa shape index (κ2) is 9.14. The van der Waals surface area contributed by atoms with Gasteiger partial charge in [-0.2, -0.15) is 0 Å². The van der Waals surface area contributed by atoms with Gasteiger partial charge in [-0.3, -0.25) is 14.6 Å². The number of pyridine rings is 1. The number of H-pyrrole nitrogens is 1. The zero-order valence-corrected chi connectivity index (χ0v) is 16.7. The van der Waals surface area contributed by atoms with Gasteiger partial charge in [-0.05, 0) is 35.7 Å². The lowest BCUT2D eigenvalue weighted by Gasteiger charge is -2.22. The van der Waals surface area contributed by atoms with Crippen LogP contribution in [0.5, 0.6) is 5.75 Å². The first-order valence-corrected chi connectivity index (χ1v) is 9.40. The summed E-state index contributed by atoms with van der Waals surface area (Å²) in [4.78, 5) is 36.2. The fourth-order valence-electron chi connectivity index (χ4n) is 3.02. The summed E-state index contributed by atoms with van der Waals surface area (Å²) < 4.78 is 5.14. The van der Waals surface area contributed by atoms with Crippen LogP contribution in [0.1, 0.15) is 31.1 Å². The van der Waals surface area contributed by atoms with Gasteiger partial charge in [0.2, 0.25) is 5.91 Å². The van der Waals surface area contributed by atoms with Crippen molar-refractivity contribution in [2.45, 2.75) is 26.3 Å². The number of ether oxygens (including phenoxy) is 1. The van der Waals surface area contributed by atoms with E-state index in [0.717, 1.165) is 16.9 Å². The van der Waals surface area contributed by atoms with Crippen LogP contribution < -0.4 is 15.6 Å². The van der Waals surface area contributed by atoms with Gasteiger partial charge in [-0.1, -0.05) is 26.0 Å². The summed E-state index contributed by atoms with van der Waals surface area (Å²) in [7, 11) is 1.60. The van der Waals surface area contributed by atoms with Gasteiger partial charge in [0.15, 0.2) is 0 Å². The van der Waals surface area contributed by atoms with Crippen molar-refractivity contribution in [1.82, 2.24) is 20.3 Å². The summed E-state index contributed by atoms with van der Waals surface area (Å²) in [6.45, 7) is 3.96. The Labute approximate surface area is 169 Å². The molecule has 1 amide bonds. The van der Waals surface area contributed by atoms with Crippen molar-refractivity contribution in [3.63, 3.8) is 0 Å². The lowest BCUT2D eigenvalue weighted by Crippen LogP contribution is -2.34. The molecule has 0 radical (unpaired) electrons. The fourth-order valence-corrected chi connectivity index (χ4v) is 3.02. The molecule has 150 valence electrons. The van der Waals surface area contributed by atoms with Crippen molar-refractivity contribution < 1.29 is 9.53 Å². The molecule has 3 rings (SSSR count). The molecule has 0 saturated carbocycles. The summed E-state index contributed by atoms with van der Waals surface area (Å²) in [5.74, 6) is 1.10. The highest BCUT2D eigenvalue weighted by Crippen LogP contribution is 2.21. The van der Waals surface area contributed by atoms with Gasteiger partial charge in [0.05, 0.1) is 25.3 Å². The van der Waals surface area contributed by atoms with Crippen molar-refractivity contribution in [1.29, 1.82) is 0 Å². The predicted molar refractivity (Wildman–Crippen MR) is 111 cm³/mol. The molecule has 0 saturated heterocycles. The molecule has 0 unspecified atom stereocenters. The lowest BCUT2D eigenvalue weighted by atomic mass is 9.99. The highest BCUT2D eigenvalue weighted by Gasteiger charge is 2.21. The van der Waals surface area contributed by atoms with E-state index < -0.39 is 0 Å². The van der Waals surface area contributed by atoms with E-state index in [1.807, 2.05) is 38.1 Å². The second-order valence-electron chi connectivity index (χ2n) is 7.07. The van der Waals surface area contributed by atoms with E-state index >= 15 is 0 Å². The van der Waals surface area contributed by atoms with E-state index in [1.165, 1.54) is 6.07 Å². The summed E-state index contributed by atoms with van der Waals surface area (Å²) in [5, 5.41) is 3.02. The van der Waals surface area contributed by atoms with Gasteiger partial charge in [0, 0.05) is 24.0 Å². The van der Waals surface area contributed by atoms with Crippen molar-refractivity contribution in [2.24, 2.45) is 5.92 Å². The number of hydrogen-bond donors (Lipinski definition) is 2. The molecule has 0 aliphatic heterocycles. The number of aromatic nitrogens is 3. The largest absolute Gasteiger partial charge is 0.497 e. The van der Waals surface area contributed by atoms with Crippen molar-refractivity contribution in [2.75, 3.05) is 7.11 Å². The number of amides is 1. The smallest absolute Gasteiger partial charge is 0.251 e. The van der Waals surface area contributed by atoms with Gasteiger partial charge in [0.25, 0.3) is 5.56 Å². The molecule has 0 aliphatic rings. The van der Waals surface area contributed by atoms with E-state index in [9.17, 15) is 9.59 Å². The van der Waals surface area contributed by atoms with Crippen LogP contribution in [0.3, 0.4) is 0 Å². The summed E-state index contributed by atoms with van der Waals surface area (Å²) >= 11 is 0. The van der Waals surface area contributed by atoms with Gasteiger partial charge in [-0.25, -0.2) is 4.98 Å². The molecule has 29 heavy (non-hydrogen) atoms. The highest BCUT2D eigenvalue weighted by atomic mass is 16.5. The number of rotatable bonds is 7. The van der Waals surface area contributed by atoms with E-state index in [0.29, 0.717) is 11.5 Å². The SMILES string of the molecule is COc1ccc(CC(=O)N[C@H](c2cc(=O)[nH]c(-c3ccncc3)n2)C(C)C)cc1. The minimum absolute atomic E-state index is 0.0504. The normalized spacial score (nSPS) is 11.9. The van der Waals surface area contributed by atoms with E-state index in [2.05, 4.69) is 20.3 Å². The van der Waals surface area contributed by atoms with Crippen molar-refractivity contribution in [3.05, 3.63) is 76.5 Å². The minimum atomic E-state index is -0.386. The van der Waals surface area contributed by atoms with Crippen LogP contribution in [0.2, 0.25) is 0 Å². The maximum absolute atomic E-state index is 12.6. The van der Waals surface area contributed by atoms with Crippen molar-refractivity contribution in [3.8, 4) is 17.1 Å². The number of carbonyl (C=O) groups excluding carboxylic acids is 1. The monoisotopic (exact) mass is 392 g/mol. The number of hydrogen-bond acceptors (Lipinski definition) is 5. The molecular formula is C22H24N4O3. The molecule has 2 heterocycles. The third-order valence-corrected chi connectivity index (χ3v) is 4.54. The Hall–Kier alpha value is -3.48. The average molecular weight is 392 g/mol. The maximum atomic E-state index is 12.6. The minimum Gasteiger partial charge on any atom is -0.497 e. The van der Waals surface area contributed by atoms with Gasteiger partial charge < -0.3 is 15.0 Å². The molecular weight excluding hydrogens is 368 g/mol. The molecule has 2 N–H and O–H groups in total. The first-order valence-electron chi connectivity index (χ1n) is 9.40. The fraction of sp³-hybridized carbons (Fsp3) is 0.273. The van der Waals surface area contributed by atoms with Crippen LogP contribution >= 0.6 is 0 Å². The number of benzene rings is 1. The Morgan fingerprint density at radius 1 is 1.14 bits per heavy atom. The average Bonchev–Trinajstić information content (AvgIpc) is 2.72. The molecule has 0 bridgehead atoms. The Kier molecular flexibility index (Phi) is 6.39. The number of nitrogens with zero attached hydrogens (tertiary/aromatic N) is 2. The summed E-state index contributed by atoms with van der Waals surface area (Å²) in [6.07, 6.45) is 3.50. The van der Waals surface area contributed by atoms with Gasteiger partial charge in [0.1, 0.15) is 11.6 Å². The Morgan fingerprint density at radius 3 is 2.45 bits per heavy atom. The molecule has 0 aliphatic carbocycles. The van der Waals surface area contributed by atoms with E-state index in [-0.39, 0.29) is 29.8 Å². The second-order valence-corrected chi connectivity index (χ2v) is 7.07. The van der Waals surface area contributed by atoms with Crippen LogP contribution in [0.25, 0.3) is 11.4 Å². The predicted octanol–water partition coefficient (Wildman–Crippen LogP) is 2.90. The maximum Gasteiger partial charge on any atom is 0.251 e. The quantitative estimate of drug-likeness (QED) is 0.644. The standard InChI is InChI=1S/C22H24N4O3/c1-14(2)21(25-19(27)12-15-4-6-17(29-3)7-5-15)18-13-20(28)26-22(24-18)16-8-10-23-11-9-16/h4-11,13-14,21H,12H2,1-3H3,(H,25,27)(H,24,26,28)/t21-/m0/s1. The molecule has 0 spiro atoms. The number of aromatic amines is 1. The third-order valence-electron chi connectivity index (χ3n) is 4.54. The number of nitrogens with one attached hydrogen (secondary N) is 2. The molecule has 3 aromatic rings. The molecule has 7 nitrogen and oxygen atoms in total. The topological polar surface area (TPSA) is 97.0 Å². The van der Waals surface area contributed by atoms with Gasteiger partial charge in [-0.15, -0.1) is 0 Å². The first kappa shape index (κ1) is 20.3. The lowest BCUT2D eigenvalue weighted by molar-refractivity contribution is -0.121.